The lowest BCUT2D eigenvalue weighted by atomic mass is 10.2. The number of rotatable bonds is 7. The summed E-state index contributed by atoms with van der Waals surface area (Å²) in [5.74, 6) is 0.606. The fraction of sp³-hybridized carbons (Fsp3) is 0.333. The first kappa shape index (κ1) is 19.3. The summed E-state index contributed by atoms with van der Waals surface area (Å²) in [6.07, 6.45) is 3.99. The molecule has 1 saturated carbocycles. The van der Waals surface area contributed by atoms with Crippen LogP contribution in [0.3, 0.4) is 0 Å². The van der Waals surface area contributed by atoms with Crippen LogP contribution in [-0.4, -0.2) is 31.0 Å². The predicted octanol–water partition coefficient (Wildman–Crippen LogP) is 3.68. The number of aromatic nitrogens is 4. The van der Waals surface area contributed by atoms with Crippen LogP contribution in [0.4, 0.5) is 5.82 Å². The molecule has 148 valence electrons. The maximum Gasteiger partial charge on any atom is 0.235 e. The van der Waals surface area contributed by atoms with Crippen LogP contribution in [0, 0.1) is 25.2 Å². The highest BCUT2D eigenvalue weighted by Gasteiger charge is 2.26. The van der Waals surface area contributed by atoms with E-state index in [9.17, 15) is 10.1 Å². The minimum Gasteiger partial charge on any atom is -0.326 e. The van der Waals surface area contributed by atoms with Crippen molar-refractivity contribution in [3.63, 3.8) is 0 Å². The Bertz CT molecular complexity index is 1070. The third-order valence-electron chi connectivity index (χ3n) is 5.20. The van der Waals surface area contributed by atoms with Gasteiger partial charge in [-0.15, -0.1) is 10.2 Å². The standard InChI is InChI=1S/C21H22N6OS/c1-14-15(2)26(11-16-6-4-3-5-7-16)20(18(14)10-22)24-19(28)12-29-21-25-23-13-27(21)17-8-9-17/h3-7,13,17H,8-9,11-12H2,1-2H3,(H,24,28). The number of thioether (sulfide) groups is 1. The van der Waals surface area contributed by atoms with Crippen molar-refractivity contribution in [1.29, 1.82) is 5.26 Å². The van der Waals surface area contributed by atoms with Gasteiger partial charge in [0.25, 0.3) is 0 Å². The van der Waals surface area contributed by atoms with Crippen LogP contribution in [0.1, 0.15) is 41.3 Å². The average Bonchev–Trinajstić information content (AvgIpc) is 3.43. The third-order valence-corrected chi connectivity index (χ3v) is 6.15. The summed E-state index contributed by atoms with van der Waals surface area (Å²) >= 11 is 1.37. The Morgan fingerprint density at radius 1 is 1.31 bits per heavy atom. The molecule has 0 aliphatic heterocycles. The Morgan fingerprint density at radius 3 is 2.76 bits per heavy atom. The molecule has 29 heavy (non-hydrogen) atoms. The van der Waals surface area contributed by atoms with E-state index < -0.39 is 0 Å². The fourth-order valence-electron chi connectivity index (χ4n) is 3.33. The van der Waals surface area contributed by atoms with Gasteiger partial charge in [-0.25, -0.2) is 0 Å². The summed E-state index contributed by atoms with van der Waals surface area (Å²) in [6.45, 7) is 4.48. The molecule has 0 saturated heterocycles. The van der Waals surface area contributed by atoms with E-state index in [0.29, 0.717) is 24.0 Å². The molecule has 0 unspecified atom stereocenters. The zero-order valence-electron chi connectivity index (χ0n) is 16.4. The van der Waals surface area contributed by atoms with Gasteiger partial charge in [-0.3, -0.25) is 4.79 Å². The molecule has 1 amide bonds. The molecule has 0 bridgehead atoms. The number of hydrogen-bond donors (Lipinski definition) is 1. The number of nitriles is 1. The number of nitrogens with zero attached hydrogens (tertiary/aromatic N) is 5. The van der Waals surface area contributed by atoms with Gasteiger partial charge in [-0.05, 0) is 37.8 Å². The van der Waals surface area contributed by atoms with Crippen LogP contribution in [0.5, 0.6) is 0 Å². The third kappa shape index (κ3) is 4.05. The number of carbonyl (C=O) groups excluding carboxylic acids is 1. The number of anilines is 1. The summed E-state index contributed by atoms with van der Waals surface area (Å²) < 4.78 is 4.03. The molecule has 1 aliphatic rings. The molecule has 1 aromatic carbocycles. The molecule has 8 heteroatoms. The second kappa shape index (κ2) is 8.13. The van der Waals surface area contributed by atoms with Crippen LogP contribution in [0.25, 0.3) is 0 Å². The zero-order chi connectivity index (χ0) is 20.4. The van der Waals surface area contributed by atoms with Gasteiger partial charge < -0.3 is 14.5 Å². The van der Waals surface area contributed by atoms with E-state index in [1.165, 1.54) is 11.8 Å². The van der Waals surface area contributed by atoms with Crippen molar-refractivity contribution < 1.29 is 4.79 Å². The van der Waals surface area contributed by atoms with Gasteiger partial charge in [0, 0.05) is 18.3 Å². The van der Waals surface area contributed by atoms with Gasteiger partial charge in [0.1, 0.15) is 18.2 Å². The van der Waals surface area contributed by atoms with E-state index in [1.807, 2.05) is 53.3 Å². The zero-order valence-corrected chi connectivity index (χ0v) is 17.2. The smallest absolute Gasteiger partial charge is 0.235 e. The normalized spacial score (nSPS) is 13.3. The summed E-state index contributed by atoms with van der Waals surface area (Å²) in [5, 5.41) is 21.5. The largest absolute Gasteiger partial charge is 0.326 e. The molecule has 1 N–H and O–H groups in total. The topological polar surface area (TPSA) is 88.5 Å². The van der Waals surface area contributed by atoms with E-state index in [1.54, 1.807) is 6.33 Å². The minimum atomic E-state index is -0.163. The van der Waals surface area contributed by atoms with E-state index in [4.69, 9.17) is 0 Å². The van der Waals surface area contributed by atoms with Crippen LogP contribution in [-0.2, 0) is 11.3 Å². The molecular weight excluding hydrogens is 384 g/mol. The molecule has 2 aromatic heterocycles. The second-order valence-electron chi connectivity index (χ2n) is 7.21. The highest BCUT2D eigenvalue weighted by atomic mass is 32.2. The second-order valence-corrected chi connectivity index (χ2v) is 8.15. The van der Waals surface area contributed by atoms with Crippen LogP contribution >= 0.6 is 11.8 Å². The average molecular weight is 407 g/mol. The quantitative estimate of drug-likeness (QED) is 0.605. The van der Waals surface area contributed by atoms with Crippen molar-refractivity contribution in [2.75, 3.05) is 11.1 Å². The monoisotopic (exact) mass is 406 g/mol. The van der Waals surface area contributed by atoms with Crippen molar-refractivity contribution in [2.45, 2.75) is 44.4 Å². The lowest BCUT2D eigenvalue weighted by Gasteiger charge is -2.13. The first-order chi connectivity index (χ1) is 14.1. The van der Waals surface area contributed by atoms with Crippen molar-refractivity contribution in [1.82, 2.24) is 19.3 Å². The Hall–Kier alpha value is -3.05. The summed E-state index contributed by atoms with van der Waals surface area (Å²) in [6, 6.07) is 12.7. The molecule has 3 aromatic rings. The van der Waals surface area contributed by atoms with Gasteiger partial charge in [-0.1, -0.05) is 42.1 Å². The molecule has 4 rings (SSSR count). The highest BCUT2D eigenvalue weighted by molar-refractivity contribution is 7.99. The minimum absolute atomic E-state index is 0.163. The lowest BCUT2D eigenvalue weighted by molar-refractivity contribution is -0.113. The maximum absolute atomic E-state index is 12.7. The number of amides is 1. The van der Waals surface area contributed by atoms with Crippen LogP contribution in [0.15, 0.2) is 41.8 Å². The first-order valence-corrected chi connectivity index (χ1v) is 10.5. The maximum atomic E-state index is 12.7. The Balaban J connectivity index is 1.52. The Kier molecular flexibility index (Phi) is 5.41. The SMILES string of the molecule is Cc1c(C#N)c(NC(=O)CSc2nncn2C2CC2)n(Cc2ccccc2)c1C. The van der Waals surface area contributed by atoms with E-state index in [-0.39, 0.29) is 11.7 Å². The Morgan fingerprint density at radius 2 is 2.07 bits per heavy atom. The van der Waals surface area contributed by atoms with Gasteiger partial charge >= 0.3 is 0 Å². The number of nitrogens with one attached hydrogen (secondary N) is 1. The van der Waals surface area contributed by atoms with Gasteiger partial charge in [-0.2, -0.15) is 5.26 Å². The predicted molar refractivity (Wildman–Crippen MR) is 112 cm³/mol. The molecule has 1 fully saturated rings. The van der Waals surface area contributed by atoms with Crippen molar-refractivity contribution in [3.05, 3.63) is 59.0 Å². The molecule has 0 spiro atoms. The van der Waals surface area contributed by atoms with Gasteiger partial charge in [0.2, 0.25) is 5.91 Å². The Labute approximate surface area is 173 Å². The first-order valence-electron chi connectivity index (χ1n) is 9.54. The lowest BCUT2D eigenvalue weighted by Crippen LogP contribution is -2.19. The highest BCUT2D eigenvalue weighted by Crippen LogP contribution is 2.37. The summed E-state index contributed by atoms with van der Waals surface area (Å²) in [7, 11) is 0. The fourth-order valence-corrected chi connectivity index (χ4v) is 4.11. The molecule has 7 nitrogen and oxygen atoms in total. The van der Waals surface area contributed by atoms with Gasteiger partial charge in [0.05, 0.1) is 11.3 Å². The number of benzene rings is 1. The van der Waals surface area contributed by atoms with Crippen molar-refractivity contribution in [2.24, 2.45) is 0 Å². The number of hydrogen-bond acceptors (Lipinski definition) is 5. The van der Waals surface area contributed by atoms with Crippen molar-refractivity contribution in [3.8, 4) is 6.07 Å². The molecule has 2 heterocycles. The summed E-state index contributed by atoms with van der Waals surface area (Å²) in [4.78, 5) is 12.7. The van der Waals surface area contributed by atoms with Gasteiger partial charge in [0.15, 0.2) is 5.16 Å². The van der Waals surface area contributed by atoms with Crippen molar-refractivity contribution >= 4 is 23.5 Å². The van der Waals surface area contributed by atoms with Crippen LogP contribution < -0.4 is 5.32 Å². The number of carbonyl (C=O) groups is 1. The van der Waals surface area contributed by atoms with E-state index in [0.717, 1.165) is 34.8 Å². The summed E-state index contributed by atoms with van der Waals surface area (Å²) in [5.41, 5.74) is 3.48. The molecule has 1 aliphatic carbocycles. The van der Waals surface area contributed by atoms with E-state index >= 15 is 0 Å². The molecule has 0 atom stereocenters. The van der Waals surface area contributed by atoms with E-state index in [2.05, 4.69) is 21.6 Å². The molecular formula is C21H22N6OS. The van der Waals surface area contributed by atoms with Crippen LogP contribution in [0.2, 0.25) is 0 Å². The molecule has 0 radical (unpaired) electrons.